The standard InChI is InChI=1S/C16H14N4O2S/c1-2-10-6-11-15(17-8-18-16(11)23-10)19-9-3-4-13-12(5-9)20-14(21)7-22-13/h3-6,8H,2,7H2,1H3,(H,20,21)(H,17,18,19). The fourth-order valence-electron chi connectivity index (χ4n) is 2.48. The molecule has 4 rings (SSSR count). The van der Waals surface area contributed by atoms with Crippen LogP contribution in [0.4, 0.5) is 17.2 Å². The zero-order chi connectivity index (χ0) is 15.8. The minimum atomic E-state index is -0.149. The van der Waals surface area contributed by atoms with Crippen LogP contribution in [0.1, 0.15) is 11.8 Å². The van der Waals surface area contributed by atoms with E-state index >= 15 is 0 Å². The Morgan fingerprint density at radius 2 is 2.26 bits per heavy atom. The van der Waals surface area contributed by atoms with Gasteiger partial charge >= 0.3 is 0 Å². The van der Waals surface area contributed by atoms with E-state index in [2.05, 4.69) is 33.6 Å². The number of benzene rings is 1. The van der Waals surface area contributed by atoms with Crippen molar-refractivity contribution in [2.24, 2.45) is 0 Å². The molecule has 0 spiro atoms. The second kappa shape index (κ2) is 5.51. The number of hydrogen-bond donors (Lipinski definition) is 2. The van der Waals surface area contributed by atoms with Gasteiger partial charge in [-0.25, -0.2) is 9.97 Å². The summed E-state index contributed by atoms with van der Waals surface area (Å²) in [6.07, 6.45) is 2.53. The Morgan fingerprint density at radius 1 is 1.35 bits per heavy atom. The van der Waals surface area contributed by atoms with Crippen LogP contribution >= 0.6 is 11.3 Å². The Balaban J connectivity index is 1.69. The first kappa shape index (κ1) is 14.0. The van der Waals surface area contributed by atoms with Crippen LogP contribution in [0.3, 0.4) is 0 Å². The fourth-order valence-corrected chi connectivity index (χ4v) is 3.41. The maximum atomic E-state index is 11.4. The number of amides is 1. The quantitative estimate of drug-likeness (QED) is 0.772. The van der Waals surface area contributed by atoms with Gasteiger partial charge in [-0.15, -0.1) is 11.3 Å². The van der Waals surface area contributed by atoms with Gasteiger partial charge in [-0.1, -0.05) is 6.92 Å². The van der Waals surface area contributed by atoms with Crippen molar-refractivity contribution >= 4 is 44.7 Å². The highest BCUT2D eigenvalue weighted by molar-refractivity contribution is 7.18. The molecule has 116 valence electrons. The van der Waals surface area contributed by atoms with Gasteiger partial charge < -0.3 is 15.4 Å². The second-order valence-electron chi connectivity index (χ2n) is 5.18. The molecule has 7 heteroatoms. The molecule has 0 fully saturated rings. The van der Waals surface area contributed by atoms with E-state index < -0.39 is 0 Å². The zero-order valence-corrected chi connectivity index (χ0v) is 13.2. The largest absolute Gasteiger partial charge is 0.482 e. The van der Waals surface area contributed by atoms with E-state index in [0.717, 1.165) is 28.1 Å². The predicted octanol–water partition coefficient (Wildman–Crippen LogP) is 3.33. The summed E-state index contributed by atoms with van der Waals surface area (Å²) in [4.78, 5) is 22.3. The van der Waals surface area contributed by atoms with Crippen molar-refractivity contribution in [3.05, 3.63) is 35.5 Å². The second-order valence-corrected chi connectivity index (χ2v) is 6.30. The third-order valence-electron chi connectivity index (χ3n) is 3.60. The Hall–Kier alpha value is -2.67. The highest BCUT2D eigenvalue weighted by Crippen LogP contribution is 2.34. The minimum Gasteiger partial charge on any atom is -0.482 e. The number of ether oxygens (including phenoxy) is 1. The summed E-state index contributed by atoms with van der Waals surface area (Å²) in [6, 6.07) is 7.69. The Kier molecular flexibility index (Phi) is 3.34. The van der Waals surface area contributed by atoms with E-state index in [1.54, 1.807) is 17.7 Å². The van der Waals surface area contributed by atoms with Gasteiger partial charge in [0.15, 0.2) is 6.61 Å². The number of anilines is 3. The van der Waals surface area contributed by atoms with Crippen LogP contribution in [0.5, 0.6) is 5.75 Å². The van der Waals surface area contributed by atoms with E-state index in [-0.39, 0.29) is 12.5 Å². The monoisotopic (exact) mass is 326 g/mol. The summed E-state index contributed by atoms with van der Waals surface area (Å²) in [5.41, 5.74) is 1.50. The minimum absolute atomic E-state index is 0.0566. The molecule has 2 N–H and O–H groups in total. The van der Waals surface area contributed by atoms with Crippen LogP contribution in [0.2, 0.25) is 0 Å². The SMILES string of the molecule is CCc1cc2c(Nc3ccc4c(c3)NC(=O)CO4)ncnc2s1. The van der Waals surface area contributed by atoms with Crippen molar-refractivity contribution in [3.63, 3.8) is 0 Å². The van der Waals surface area contributed by atoms with E-state index in [9.17, 15) is 4.79 Å². The number of carbonyl (C=O) groups excluding carboxylic acids is 1. The third kappa shape index (κ3) is 2.59. The Bertz CT molecular complexity index is 906. The van der Waals surface area contributed by atoms with E-state index in [4.69, 9.17) is 4.74 Å². The molecule has 0 saturated carbocycles. The van der Waals surface area contributed by atoms with Gasteiger partial charge in [-0.05, 0) is 30.7 Å². The topological polar surface area (TPSA) is 76.1 Å². The lowest BCUT2D eigenvalue weighted by molar-refractivity contribution is -0.118. The molecule has 0 atom stereocenters. The van der Waals surface area contributed by atoms with E-state index in [1.807, 2.05) is 18.2 Å². The zero-order valence-electron chi connectivity index (χ0n) is 12.4. The molecule has 23 heavy (non-hydrogen) atoms. The normalized spacial score (nSPS) is 13.3. The molecular weight excluding hydrogens is 312 g/mol. The van der Waals surface area contributed by atoms with Gasteiger partial charge in [0, 0.05) is 10.6 Å². The van der Waals surface area contributed by atoms with Crippen molar-refractivity contribution in [1.82, 2.24) is 9.97 Å². The van der Waals surface area contributed by atoms with Gasteiger partial charge in [0.1, 0.15) is 22.7 Å². The third-order valence-corrected chi connectivity index (χ3v) is 4.79. The highest BCUT2D eigenvalue weighted by Gasteiger charge is 2.16. The summed E-state index contributed by atoms with van der Waals surface area (Å²) >= 11 is 1.68. The lowest BCUT2D eigenvalue weighted by Gasteiger charge is -2.18. The van der Waals surface area contributed by atoms with Crippen LogP contribution < -0.4 is 15.4 Å². The Morgan fingerprint density at radius 3 is 3.13 bits per heavy atom. The summed E-state index contributed by atoms with van der Waals surface area (Å²) < 4.78 is 5.37. The van der Waals surface area contributed by atoms with Crippen LogP contribution in [-0.4, -0.2) is 22.5 Å². The maximum absolute atomic E-state index is 11.4. The fraction of sp³-hybridized carbons (Fsp3) is 0.188. The summed E-state index contributed by atoms with van der Waals surface area (Å²) in [5.74, 6) is 1.28. The molecule has 1 aromatic carbocycles. The molecule has 2 aromatic heterocycles. The number of nitrogens with one attached hydrogen (secondary N) is 2. The predicted molar refractivity (Wildman–Crippen MR) is 90.6 cm³/mol. The molecule has 1 amide bonds. The molecule has 3 aromatic rings. The molecule has 1 aliphatic heterocycles. The number of aromatic nitrogens is 2. The first-order valence-electron chi connectivity index (χ1n) is 7.30. The van der Waals surface area contributed by atoms with Gasteiger partial charge in [0.25, 0.3) is 5.91 Å². The van der Waals surface area contributed by atoms with Crippen molar-refractivity contribution < 1.29 is 9.53 Å². The van der Waals surface area contributed by atoms with E-state index in [1.165, 1.54) is 4.88 Å². The number of aryl methyl sites for hydroxylation is 1. The van der Waals surface area contributed by atoms with Crippen molar-refractivity contribution in [2.75, 3.05) is 17.2 Å². The van der Waals surface area contributed by atoms with Crippen molar-refractivity contribution in [1.29, 1.82) is 0 Å². The summed E-state index contributed by atoms with van der Waals surface area (Å²) in [5, 5.41) is 7.11. The van der Waals surface area contributed by atoms with Gasteiger partial charge in [0.2, 0.25) is 0 Å². The number of carbonyl (C=O) groups is 1. The number of nitrogens with zero attached hydrogens (tertiary/aromatic N) is 2. The lowest BCUT2D eigenvalue weighted by atomic mass is 10.2. The highest BCUT2D eigenvalue weighted by atomic mass is 32.1. The molecule has 1 aliphatic rings. The molecule has 0 saturated heterocycles. The van der Waals surface area contributed by atoms with Crippen LogP contribution in [0.15, 0.2) is 30.6 Å². The van der Waals surface area contributed by atoms with Gasteiger partial charge in [-0.3, -0.25) is 4.79 Å². The average molecular weight is 326 g/mol. The number of thiophene rings is 1. The molecule has 0 unspecified atom stereocenters. The van der Waals surface area contributed by atoms with Crippen LogP contribution in [0.25, 0.3) is 10.2 Å². The lowest BCUT2D eigenvalue weighted by Crippen LogP contribution is -2.25. The van der Waals surface area contributed by atoms with Crippen molar-refractivity contribution in [2.45, 2.75) is 13.3 Å². The first-order valence-corrected chi connectivity index (χ1v) is 8.11. The molecule has 0 radical (unpaired) electrons. The number of fused-ring (bicyclic) bond motifs is 2. The van der Waals surface area contributed by atoms with Crippen molar-refractivity contribution in [3.8, 4) is 5.75 Å². The number of hydrogen-bond acceptors (Lipinski definition) is 6. The summed E-state index contributed by atoms with van der Waals surface area (Å²) in [7, 11) is 0. The van der Waals surface area contributed by atoms with E-state index in [0.29, 0.717) is 11.4 Å². The smallest absolute Gasteiger partial charge is 0.262 e. The van der Waals surface area contributed by atoms with Gasteiger partial charge in [0.05, 0.1) is 11.1 Å². The molecule has 3 heterocycles. The Labute approximate surface area is 136 Å². The molecule has 0 aliphatic carbocycles. The van der Waals surface area contributed by atoms with Gasteiger partial charge in [-0.2, -0.15) is 0 Å². The average Bonchev–Trinajstić information content (AvgIpc) is 2.99. The molecule has 0 bridgehead atoms. The number of rotatable bonds is 3. The molecule has 6 nitrogen and oxygen atoms in total. The first-order chi connectivity index (χ1) is 11.2. The maximum Gasteiger partial charge on any atom is 0.262 e. The van der Waals surface area contributed by atoms with Crippen LogP contribution in [-0.2, 0) is 11.2 Å². The van der Waals surface area contributed by atoms with Crippen LogP contribution in [0, 0.1) is 0 Å². The summed E-state index contributed by atoms with van der Waals surface area (Å²) in [6.45, 7) is 2.18. The molecular formula is C16H14N4O2S.